The summed E-state index contributed by atoms with van der Waals surface area (Å²) >= 11 is 0. The number of nitrogens with two attached hydrogens (primary N) is 1. The maximum atomic E-state index is 12.4. The Kier molecular flexibility index (Phi) is 7.73. The number of carbonyl (C=O) groups excluding carboxylic acids is 1. The Hall–Kier alpha value is -2.66. The highest BCUT2D eigenvalue weighted by molar-refractivity contribution is 7.89. The molecule has 0 saturated carbocycles. The number of nitrogens with one attached hydrogen (secondary N) is 1. The van der Waals surface area contributed by atoms with Gasteiger partial charge in [0.05, 0.1) is 25.7 Å². The maximum Gasteiger partial charge on any atom is 0.238 e. The normalized spacial score (nSPS) is 15.4. The van der Waals surface area contributed by atoms with Gasteiger partial charge in [0.25, 0.3) is 0 Å². The SMILES string of the molecule is COc1cc(C)c(CN2CCN(CC(=O)Nc3cccc(S(N)(=O)=O)c3)CC2)cc1OC. The molecule has 0 radical (unpaired) electrons. The number of piperazine rings is 1. The number of aryl methyl sites for hydroxylation is 1. The molecule has 0 aromatic heterocycles. The van der Waals surface area contributed by atoms with Crippen molar-refractivity contribution < 1.29 is 22.7 Å². The van der Waals surface area contributed by atoms with Gasteiger partial charge >= 0.3 is 0 Å². The van der Waals surface area contributed by atoms with Gasteiger partial charge in [0, 0.05) is 38.4 Å². The molecule has 3 N–H and O–H groups in total. The molecular weight excluding hydrogens is 432 g/mol. The van der Waals surface area contributed by atoms with Crippen LogP contribution in [0.3, 0.4) is 0 Å². The van der Waals surface area contributed by atoms with Crippen LogP contribution in [0.25, 0.3) is 0 Å². The molecule has 2 aromatic carbocycles. The zero-order valence-corrected chi connectivity index (χ0v) is 19.4. The highest BCUT2D eigenvalue weighted by Gasteiger charge is 2.20. The van der Waals surface area contributed by atoms with Crippen LogP contribution in [0.15, 0.2) is 41.3 Å². The molecular formula is C22H30N4O5S. The number of hydrogen-bond donors (Lipinski definition) is 2. The van der Waals surface area contributed by atoms with E-state index >= 15 is 0 Å². The molecule has 1 saturated heterocycles. The maximum absolute atomic E-state index is 12.4. The van der Waals surface area contributed by atoms with E-state index in [-0.39, 0.29) is 17.3 Å². The number of hydrogen-bond acceptors (Lipinski definition) is 7. The van der Waals surface area contributed by atoms with Gasteiger partial charge in [-0.15, -0.1) is 0 Å². The highest BCUT2D eigenvalue weighted by Crippen LogP contribution is 2.31. The topological polar surface area (TPSA) is 114 Å². The van der Waals surface area contributed by atoms with Gasteiger partial charge in [0.1, 0.15) is 0 Å². The van der Waals surface area contributed by atoms with E-state index in [9.17, 15) is 13.2 Å². The monoisotopic (exact) mass is 462 g/mol. The summed E-state index contributed by atoms with van der Waals surface area (Å²) in [7, 11) is -0.555. The molecule has 174 valence electrons. The summed E-state index contributed by atoms with van der Waals surface area (Å²) < 4.78 is 33.7. The third-order valence-electron chi connectivity index (χ3n) is 5.51. The fourth-order valence-electron chi connectivity index (χ4n) is 3.69. The molecule has 10 heteroatoms. The number of amides is 1. The molecule has 9 nitrogen and oxygen atoms in total. The number of nitrogens with zero attached hydrogens (tertiary/aromatic N) is 2. The summed E-state index contributed by atoms with van der Waals surface area (Å²) in [6, 6.07) is 9.94. The minimum absolute atomic E-state index is 0.0330. The second-order valence-electron chi connectivity index (χ2n) is 7.81. The molecule has 0 aliphatic carbocycles. The molecule has 0 unspecified atom stereocenters. The zero-order chi connectivity index (χ0) is 23.3. The van der Waals surface area contributed by atoms with Gasteiger partial charge in [0.2, 0.25) is 15.9 Å². The first-order valence-electron chi connectivity index (χ1n) is 10.3. The Morgan fingerprint density at radius 2 is 1.66 bits per heavy atom. The van der Waals surface area contributed by atoms with Gasteiger partial charge in [-0.1, -0.05) is 6.07 Å². The van der Waals surface area contributed by atoms with Crippen molar-refractivity contribution in [3.8, 4) is 11.5 Å². The van der Waals surface area contributed by atoms with E-state index in [1.807, 2.05) is 12.1 Å². The summed E-state index contributed by atoms with van der Waals surface area (Å²) in [4.78, 5) is 16.8. The average Bonchev–Trinajstić information content (AvgIpc) is 2.75. The Bertz CT molecular complexity index is 1070. The van der Waals surface area contributed by atoms with Crippen LogP contribution in [0, 0.1) is 6.92 Å². The summed E-state index contributed by atoms with van der Waals surface area (Å²) in [6.07, 6.45) is 0. The van der Waals surface area contributed by atoms with E-state index in [1.165, 1.54) is 17.7 Å². The molecule has 3 rings (SSSR count). The van der Waals surface area contributed by atoms with Crippen molar-refractivity contribution in [2.75, 3.05) is 52.3 Å². The second-order valence-corrected chi connectivity index (χ2v) is 9.37. The number of sulfonamides is 1. The first-order valence-corrected chi connectivity index (χ1v) is 11.8. The van der Waals surface area contributed by atoms with Gasteiger partial charge < -0.3 is 14.8 Å². The minimum atomic E-state index is -3.81. The average molecular weight is 463 g/mol. The minimum Gasteiger partial charge on any atom is -0.493 e. The van der Waals surface area contributed by atoms with Crippen LogP contribution in [-0.2, 0) is 21.4 Å². The molecule has 1 aliphatic rings. The first kappa shape index (κ1) is 24.0. The predicted molar refractivity (Wildman–Crippen MR) is 122 cm³/mol. The van der Waals surface area contributed by atoms with Crippen LogP contribution in [0.1, 0.15) is 11.1 Å². The van der Waals surface area contributed by atoms with Gasteiger partial charge in [-0.2, -0.15) is 0 Å². The van der Waals surface area contributed by atoms with E-state index in [2.05, 4.69) is 22.0 Å². The van der Waals surface area contributed by atoms with E-state index < -0.39 is 10.0 Å². The van der Waals surface area contributed by atoms with E-state index in [1.54, 1.807) is 26.4 Å². The molecule has 0 spiro atoms. The second kappa shape index (κ2) is 10.3. The van der Waals surface area contributed by atoms with Crippen molar-refractivity contribution in [1.29, 1.82) is 0 Å². The number of primary sulfonamides is 1. The van der Waals surface area contributed by atoms with Crippen LogP contribution in [0.5, 0.6) is 11.5 Å². The number of rotatable bonds is 8. The van der Waals surface area contributed by atoms with Crippen molar-refractivity contribution in [2.24, 2.45) is 5.14 Å². The van der Waals surface area contributed by atoms with E-state index in [0.717, 1.165) is 49.8 Å². The van der Waals surface area contributed by atoms with Crippen molar-refractivity contribution in [1.82, 2.24) is 9.80 Å². The summed E-state index contributed by atoms with van der Waals surface area (Å²) in [5.41, 5.74) is 2.74. The lowest BCUT2D eigenvalue weighted by atomic mass is 10.1. The predicted octanol–water partition coefficient (Wildman–Crippen LogP) is 1.42. The van der Waals surface area contributed by atoms with Crippen molar-refractivity contribution in [3.63, 3.8) is 0 Å². The largest absolute Gasteiger partial charge is 0.493 e. The summed E-state index contributed by atoms with van der Waals surface area (Å²) in [6.45, 7) is 6.29. The highest BCUT2D eigenvalue weighted by atomic mass is 32.2. The van der Waals surface area contributed by atoms with Gasteiger partial charge in [-0.3, -0.25) is 14.6 Å². The number of anilines is 1. The molecule has 1 heterocycles. The molecule has 32 heavy (non-hydrogen) atoms. The van der Waals surface area contributed by atoms with E-state index in [0.29, 0.717) is 5.69 Å². The van der Waals surface area contributed by atoms with Crippen LogP contribution < -0.4 is 19.9 Å². The van der Waals surface area contributed by atoms with Gasteiger partial charge in [0.15, 0.2) is 11.5 Å². The Balaban J connectivity index is 1.52. The van der Waals surface area contributed by atoms with Gasteiger partial charge in [-0.05, 0) is 48.4 Å². The Labute approximate surface area is 189 Å². The molecule has 0 atom stereocenters. The smallest absolute Gasteiger partial charge is 0.238 e. The number of methoxy groups -OCH3 is 2. The third-order valence-corrected chi connectivity index (χ3v) is 6.43. The fraction of sp³-hybridized carbons (Fsp3) is 0.409. The van der Waals surface area contributed by atoms with Crippen molar-refractivity contribution >= 4 is 21.6 Å². The Morgan fingerprint density at radius 3 is 2.28 bits per heavy atom. The summed E-state index contributed by atoms with van der Waals surface area (Å²) in [5.74, 6) is 1.25. The van der Waals surface area contributed by atoms with Crippen LogP contribution in [0.2, 0.25) is 0 Å². The first-order chi connectivity index (χ1) is 15.2. The molecule has 1 aliphatic heterocycles. The zero-order valence-electron chi connectivity index (χ0n) is 18.6. The van der Waals surface area contributed by atoms with Crippen LogP contribution in [0.4, 0.5) is 5.69 Å². The molecule has 0 bridgehead atoms. The molecule has 1 fully saturated rings. The van der Waals surface area contributed by atoms with Crippen molar-refractivity contribution in [3.05, 3.63) is 47.5 Å². The number of ether oxygens (including phenoxy) is 2. The standard InChI is InChI=1S/C22H30N4O5S/c1-16-11-20(30-2)21(31-3)12-17(16)14-25-7-9-26(10-8-25)15-22(27)24-18-5-4-6-19(13-18)32(23,28)29/h4-6,11-13H,7-10,14-15H2,1-3H3,(H,24,27)(H2,23,28,29). The van der Waals surface area contributed by atoms with Crippen molar-refractivity contribution in [2.45, 2.75) is 18.4 Å². The molecule has 1 amide bonds. The quantitative estimate of drug-likeness (QED) is 0.610. The number of carbonyl (C=O) groups is 1. The Morgan fingerprint density at radius 1 is 1.03 bits per heavy atom. The van der Waals surface area contributed by atoms with Crippen LogP contribution >= 0.6 is 0 Å². The van der Waals surface area contributed by atoms with Gasteiger partial charge in [-0.25, -0.2) is 13.6 Å². The third kappa shape index (κ3) is 6.19. The lowest BCUT2D eigenvalue weighted by molar-refractivity contribution is -0.117. The fourth-order valence-corrected chi connectivity index (χ4v) is 4.25. The van der Waals surface area contributed by atoms with Crippen LogP contribution in [-0.4, -0.2) is 71.1 Å². The lowest BCUT2D eigenvalue weighted by Gasteiger charge is -2.34. The lowest BCUT2D eigenvalue weighted by Crippen LogP contribution is -2.48. The molecule has 2 aromatic rings. The number of benzene rings is 2. The van der Waals surface area contributed by atoms with E-state index in [4.69, 9.17) is 14.6 Å². The summed E-state index contributed by atoms with van der Waals surface area (Å²) in [5, 5.41) is 7.89.